The third-order valence-electron chi connectivity index (χ3n) is 6.29. The summed E-state index contributed by atoms with van der Waals surface area (Å²) >= 11 is 0. The number of rotatable bonds is 8. The number of nitrogens with one attached hydrogen (secondary N) is 1. The molecule has 0 atom stereocenters. The number of aromatic nitrogens is 2. The number of unbranched alkanes of at least 4 members (excludes halogenated alkanes) is 2. The van der Waals surface area contributed by atoms with Gasteiger partial charge in [0.25, 0.3) is 5.56 Å². The molecule has 3 aromatic rings. The zero-order valence-corrected chi connectivity index (χ0v) is 18.8. The second-order valence-corrected chi connectivity index (χ2v) is 8.60. The summed E-state index contributed by atoms with van der Waals surface area (Å²) in [7, 11) is 0. The van der Waals surface area contributed by atoms with Crippen molar-refractivity contribution in [3.8, 4) is 11.3 Å². The summed E-state index contributed by atoms with van der Waals surface area (Å²) in [5.74, 6) is 0.238. The summed E-state index contributed by atoms with van der Waals surface area (Å²) in [6, 6.07) is 17.7. The number of carbonyl (C=O) groups is 1. The summed E-state index contributed by atoms with van der Waals surface area (Å²) < 4.78 is 1.58. The molecular formula is C26H32N4O2. The van der Waals surface area contributed by atoms with Crippen molar-refractivity contribution in [1.82, 2.24) is 20.0 Å². The van der Waals surface area contributed by atoms with E-state index in [-0.39, 0.29) is 17.4 Å². The van der Waals surface area contributed by atoms with Gasteiger partial charge in [-0.1, -0.05) is 68.3 Å². The first-order valence-electron chi connectivity index (χ1n) is 11.7. The van der Waals surface area contributed by atoms with E-state index >= 15 is 0 Å². The molecule has 32 heavy (non-hydrogen) atoms. The average Bonchev–Trinajstić information content (AvgIpc) is 2.84. The highest BCUT2D eigenvalue weighted by molar-refractivity contribution is 5.93. The average molecular weight is 433 g/mol. The zero-order valence-electron chi connectivity index (χ0n) is 18.8. The van der Waals surface area contributed by atoms with Crippen LogP contribution in [0.5, 0.6) is 0 Å². The Bertz CT molecular complexity index is 1100. The zero-order chi connectivity index (χ0) is 22.3. The van der Waals surface area contributed by atoms with Gasteiger partial charge in [-0.2, -0.15) is 5.10 Å². The predicted octanol–water partition coefficient (Wildman–Crippen LogP) is 4.04. The SMILES string of the molecule is CCCCCNC(=O)C1CCN(Cn2nc(-c3ccccc3)c3ccccc3c2=O)CC1. The lowest BCUT2D eigenvalue weighted by Crippen LogP contribution is -2.43. The summed E-state index contributed by atoms with van der Waals surface area (Å²) in [5.41, 5.74) is 1.74. The number of fused-ring (bicyclic) bond motifs is 1. The molecule has 0 bridgehead atoms. The summed E-state index contributed by atoms with van der Waals surface area (Å²) in [6.45, 7) is 4.94. The second kappa shape index (κ2) is 10.6. The van der Waals surface area contributed by atoms with E-state index in [0.29, 0.717) is 12.1 Å². The Balaban J connectivity index is 1.47. The number of benzene rings is 2. The molecule has 4 rings (SSSR count). The Kier molecular flexibility index (Phi) is 7.32. The van der Waals surface area contributed by atoms with Crippen LogP contribution in [0.1, 0.15) is 39.0 Å². The van der Waals surface area contributed by atoms with Crippen molar-refractivity contribution < 1.29 is 4.79 Å². The van der Waals surface area contributed by atoms with Gasteiger partial charge < -0.3 is 5.32 Å². The van der Waals surface area contributed by atoms with Gasteiger partial charge in [0.05, 0.1) is 17.7 Å². The molecule has 1 aliphatic rings. The molecule has 1 fully saturated rings. The van der Waals surface area contributed by atoms with E-state index in [1.165, 1.54) is 0 Å². The number of hydrogen-bond donors (Lipinski definition) is 1. The van der Waals surface area contributed by atoms with Crippen molar-refractivity contribution in [2.75, 3.05) is 19.6 Å². The lowest BCUT2D eigenvalue weighted by atomic mass is 9.96. The minimum absolute atomic E-state index is 0.0639. The molecular weight excluding hydrogens is 400 g/mol. The molecule has 0 unspecified atom stereocenters. The normalized spacial score (nSPS) is 15.2. The van der Waals surface area contributed by atoms with E-state index in [4.69, 9.17) is 5.10 Å². The fraction of sp³-hybridized carbons (Fsp3) is 0.423. The molecule has 1 N–H and O–H groups in total. The number of hydrogen-bond acceptors (Lipinski definition) is 4. The first kappa shape index (κ1) is 22.2. The van der Waals surface area contributed by atoms with Gasteiger partial charge in [0, 0.05) is 36.5 Å². The van der Waals surface area contributed by atoms with Crippen molar-refractivity contribution >= 4 is 16.7 Å². The van der Waals surface area contributed by atoms with Gasteiger partial charge in [-0.15, -0.1) is 0 Å². The first-order chi connectivity index (χ1) is 15.7. The maximum atomic E-state index is 13.1. The van der Waals surface area contributed by atoms with E-state index < -0.39 is 0 Å². The molecule has 1 saturated heterocycles. The molecule has 2 aromatic carbocycles. The highest BCUT2D eigenvalue weighted by Crippen LogP contribution is 2.24. The smallest absolute Gasteiger partial charge is 0.275 e. The fourth-order valence-electron chi connectivity index (χ4n) is 4.40. The van der Waals surface area contributed by atoms with Crippen LogP contribution in [0.25, 0.3) is 22.0 Å². The largest absolute Gasteiger partial charge is 0.356 e. The van der Waals surface area contributed by atoms with Crippen LogP contribution in [0.15, 0.2) is 59.4 Å². The van der Waals surface area contributed by atoms with E-state index in [2.05, 4.69) is 17.1 Å². The van der Waals surface area contributed by atoms with Gasteiger partial charge in [-0.3, -0.25) is 14.5 Å². The van der Waals surface area contributed by atoms with Crippen LogP contribution in [-0.4, -0.2) is 40.2 Å². The van der Waals surface area contributed by atoms with Crippen LogP contribution in [0.3, 0.4) is 0 Å². The van der Waals surface area contributed by atoms with Crippen LogP contribution >= 0.6 is 0 Å². The molecule has 1 aliphatic heterocycles. The quantitative estimate of drug-likeness (QED) is 0.546. The van der Waals surface area contributed by atoms with Gasteiger partial charge in [0.2, 0.25) is 5.91 Å². The highest BCUT2D eigenvalue weighted by atomic mass is 16.2. The van der Waals surface area contributed by atoms with Crippen molar-refractivity contribution in [3.63, 3.8) is 0 Å². The minimum Gasteiger partial charge on any atom is -0.356 e. The Morgan fingerprint density at radius 3 is 2.41 bits per heavy atom. The highest BCUT2D eigenvalue weighted by Gasteiger charge is 2.25. The minimum atomic E-state index is -0.0731. The number of carbonyl (C=O) groups excluding carboxylic acids is 1. The van der Waals surface area contributed by atoms with Crippen LogP contribution in [-0.2, 0) is 11.5 Å². The summed E-state index contributed by atoms with van der Waals surface area (Å²) in [4.78, 5) is 27.8. The monoisotopic (exact) mass is 432 g/mol. The van der Waals surface area contributed by atoms with Gasteiger partial charge in [0.15, 0.2) is 0 Å². The molecule has 6 nitrogen and oxygen atoms in total. The van der Waals surface area contributed by atoms with E-state index in [0.717, 1.165) is 68.4 Å². The summed E-state index contributed by atoms with van der Waals surface area (Å²) in [6.07, 6.45) is 4.97. The van der Waals surface area contributed by atoms with E-state index in [1.54, 1.807) is 4.68 Å². The molecule has 2 heterocycles. The Hall–Kier alpha value is -2.99. The maximum Gasteiger partial charge on any atom is 0.275 e. The fourth-order valence-corrected chi connectivity index (χ4v) is 4.40. The Morgan fingerprint density at radius 1 is 1.00 bits per heavy atom. The molecule has 0 spiro atoms. The van der Waals surface area contributed by atoms with Crippen LogP contribution in [0.2, 0.25) is 0 Å². The van der Waals surface area contributed by atoms with Gasteiger partial charge in [-0.25, -0.2) is 4.68 Å². The number of amides is 1. The molecule has 0 saturated carbocycles. The third kappa shape index (κ3) is 5.07. The van der Waals surface area contributed by atoms with Gasteiger partial charge in [-0.05, 0) is 25.3 Å². The lowest BCUT2D eigenvalue weighted by Gasteiger charge is -2.31. The predicted molar refractivity (Wildman–Crippen MR) is 128 cm³/mol. The molecule has 1 aromatic heterocycles. The van der Waals surface area contributed by atoms with Crippen LogP contribution in [0.4, 0.5) is 0 Å². The Labute approximate surface area is 189 Å². The summed E-state index contributed by atoms with van der Waals surface area (Å²) in [5, 5.41) is 9.40. The molecule has 168 valence electrons. The van der Waals surface area contributed by atoms with Crippen molar-refractivity contribution in [2.24, 2.45) is 5.92 Å². The molecule has 1 amide bonds. The number of nitrogens with zero attached hydrogens (tertiary/aromatic N) is 3. The van der Waals surface area contributed by atoms with Gasteiger partial charge in [0.1, 0.15) is 0 Å². The van der Waals surface area contributed by atoms with E-state index in [9.17, 15) is 9.59 Å². The van der Waals surface area contributed by atoms with Crippen molar-refractivity contribution in [1.29, 1.82) is 0 Å². The molecule has 6 heteroatoms. The van der Waals surface area contributed by atoms with Crippen molar-refractivity contribution in [2.45, 2.75) is 45.7 Å². The molecule has 0 aliphatic carbocycles. The lowest BCUT2D eigenvalue weighted by molar-refractivity contribution is -0.126. The number of likely N-dealkylation sites (tertiary alicyclic amines) is 1. The van der Waals surface area contributed by atoms with Crippen LogP contribution < -0.4 is 10.9 Å². The topological polar surface area (TPSA) is 67.2 Å². The Morgan fingerprint density at radius 2 is 1.69 bits per heavy atom. The van der Waals surface area contributed by atoms with Crippen molar-refractivity contribution in [3.05, 3.63) is 65.0 Å². The second-order valence-electron chi connectivity index (χ2n) is 8.60. The standard InChI is InChI=1S/C26H32N4O2/c1-2-3-9-16-27-25(31)21-14-17-29(18-15-21)19-30-26(32)23-13-8-7-12-22(23)24(28-30)20-10-5-4-6-11-20/h4-8,10-13,21H,2-3,9,14-19H2,1H3,(H,27,31). The van der Waals surface area contributed by atoms with E-state index in [1.807, 2.05) is 54.6 Å². The van der Waals surface area contributed by atoms with Crippen LogP contribution in [0, 0.1) is 5.92 Å². The van der Waals surface area contributed by atoms with Gasteiger partial charge >= 0.3 is 0 Å². The first-order valence-corrected chi connectivity index (χ1v) is 11.7. The third-order valence-corrected chi connectivity index (χ3v) is 6.29. The number of piperidine rings is 1. The molecule has 0 radical (unpaired) electrons. The maximum absolute atomic E-state index is 13.1.